The molecular formula is C21H22ClNO4. The van der Waals surface area contributed by atoms with Crippen LogP contribution in [0.3, 0.4) is 0 Å². The Balaban J connectivity index is 2.09. The summed E-state index contributed by atoms with van der Waals surface area (Å²) in [6, 6.07) is 13.0. The van der Waals surface area contributed by atoms with Gasteiger partial charge in [0.05, 0.1) is 6.61 Å². The van der Waals surface area contributed by atoms with Gasteiger partial charge in [0.25, 0.3) is 5.91 Å². The molecule has 0 radical (unpaired) electrons. The highest BCUT2D eigenvalue weighted by Gasteiger charge is 2.23. The Labute approximate surface area is 163 Å². The summed E-state index contributed by atoms with van der Waals surface area (Å²) in [4.78, 5) is 24.7. The van der Waals surface area contributed by atoms with E-state index in [1.807, 2.05) is 24.3 Å². The Hall–Kier alpha value is -2.79. The molecule has 6 heteroatoms. The van der Waals surface area contributed by atoms with Crippen LogP contribution in [-0.4, -0.2) is 31.1 Å². The van der Waals surface area contributed by atoms with Crippen LogP contribution in [0.2, 0.25) is 5.02 Å². The molecular weight excluding hydrogens is 366 g/mol. The third-order valence-corrected chi connectivity index (χ3v) is 3.97. The summed E-state index contributed by atoms with van der Waals surface area (Å²) >= 11 is 5.84. The molecule has 0 spiro atoms. The van der Waals surface area contributed by atoms with Gasteiger partial charge in [0.15, 0.2) is 0 Å². The van der Waals surface area contributed by atoms with E-state index in [9.17, 15) is 9.59 Å². The van der Waals surface area contributed by atoms with Crippen LogP contribution in [0.5, 0.6) is 5.75 Å². The van der Waals surface area contributed by atoms with Crippen molar-refractivity contribution in [3.8, 4) is 5.75 Å². The minimum Gasteiger partial charge on any atom is -0.490 e. The molecule has 5 nitrogen and oxygen atoms in total. The van der Waals surface area contributed by atoms with E-state index in [2.05, 4.69) is 11.9 Å². The molecule has 27 heavy (non-hydrogen) atoms. The summed E-state index contributed by atoms with van der Waals surface area (Å²) in [7, 11) is 0. The summed E-state index contributed by atoms with van der Waals surface area (Å²) in [5.74, 6) is -0.140. The number of rotatable bonds is 9. The van der Waals surface area contributed by atoms with Gasteiger partial charge in [-0.05, 0) is 48.9 Å². The van der Waals surface area contributed by atoms with Crippen LogP contribution in [0.15, 0.2) is 61.2 Å². The van der Waals surface area contributed by atoms with Crippen molar-refractivity contribution in [3.63, 3.8) is 0 Å². The fraction of sp³-hybridized carbons (Fsp3) is 0.238. The van der Waals surface area contributed by atoms with Gasteiger partial charge in [-0.2, -0.15) is 0 Å². The van der Waals surface area contributed by atoms with Crippen molar-refractivity contribution in [2.75, 3.05) is 13.2 Å². The molecule has 2 rings (SSSR count). The molecule has 1 N–H and O–H groups in total. The van der Waals surface area contributed by atoms with E-state index in [1.54, 1.807) is 37.3 Å². The van der Waals surface area contributed by atoms with Gasteiger partial charge >= 0.3 is 5.97 Å². The van der Waals surface area contributed by atoms with Crippen LogP contribution >= 0.6 is 11.6 Å². The molecule has 142 valence electrons. The SMILES string of the molecule is C=CCOc1ccc(C[C@H](NC(=O)c2ccc(Cl)cc2)C(=O)OCC)cc1. The number of hydrogen-bond donors (Lipinski definition) is 1. The number of carbonyl (C=O) groups excluding carboxylic acids is 2. The van der Waals surface area contributed by atoms with Gasteiger partial charge in [-0.15, -0.1) is 0 Å². The van der Waals surface area contributed by atoms with Gasteiger partial charge in [-0.1, -0.05) is 36.4 Å². The normalized spacial score (nSPS) is 11.3. The van der Waals surface area contributed by atoms with Crippen LogP contribution in [0.4, 0.5) is 0 Å². The van der Waals surface area contributed by atoms with Crippen molar-refractivity contribution in [1.29, 1.82) is 0 Å². The second-order valence-electron chi connectivity index (χ2n) is 5.73. The first-order chi connectivity index (χ1) is 13.0. The van der Waals surface area contributed by atoms with Gasteiger partial charge in [0.2, 0.25) is 0 Å². The standard InChI is InChI=1S/C21H22ClNO4/c1-3-13-27-18-11-5-15(6-12-18)14-19(21(25)26-4-2)23-20(24)16-7-9-17(22)10-8-16/h3,5-12,19H,1,4,13-14H2,2H3,(H,23,24)/t19-/m0/s1. The van der Waals surface area contributed by atoms with Crippen LogP contribution in [-0.2, 0) is 16.0 Å². The lowest BCUT2D eigenvalue weighted by atomic mass is 10.0. The minimum atomic E-state index is -0.798. The fourth-order valence-corrected chi connectivity index (χ4v) is 2.52. The van der Waals surface area contributed by atoms with Crippen LogP contribution in [0.1, 0.15) is 22.8 Å². The molecule has 0 unspecified atom stereocenters. The lowest BCUT2D eigenvalue weighted by Crippen LogP contribution is -2.43. The zero-order valence-corrected chi connectivity index (χ0v) is 15.9. The average molecular weight is 388 g/mol. The topological polar surface area (TPSA) is 64.6 Å². The second kappa shape index (κ2) is 10.4. The molecule has 2 aromatic carbocycles. The Morgan fingerprint density at radius 3 is 2.41 bits per heavy atom. The van der Waals surface area contributed by atoms with Gasteiger partial charge in [0.1, 0.15) is 18.4 Å². The molecule has 0 saturated heterocycles. The number of halogens is 1. The van der Waals surface area contributed by atoms with Gasteiger partial charge < -0.3 is 14.8 Å². The quantitative estimate of drug-likeness (QED) is 0.525. The molecule has 0 bridgehead atoms. The molecule has 1 atom stereocenters. The number of amides is 1. The molecule has 0 aliphatic heterocycles. The highest BCUT2D eigenvalue weighted by molar-refractivity contribution is 6.30. The van der Waals surface area contributed by atoms with E-state index < -0.39 is 12.0 Å². The van der Waals surface area contributed by atoms with Crippen molar-refractivity contribution in [3.05, 3.63) is 77.3 Å². The summed E-state index contributed by atoms with van der Waals surface area (Å²) in [6.07, 6.45) is 1.97. The predicted octanol–water partition coefficient (Wildman–Crippen LogP) is 3.81. The van der Waals surface area contributed by atoms with Crippen LogP contribution < -0.4 is 10.1 Å². The number of benzene rings is 2. The average Bonchev–Trinajstić information content (AvgIpc) is 2.67. The maximum atomic E-state index is 12.4. The van der Waals surface area contributed by atoms with Crippen LogP contribution in [0, 0.1) is 0 Å². The molecule has 0 aromatic heterocycles. The Bertz CT molecular complexity index is 772. The third-order valence-electron chi connectivity index (χ3n) is 3.71. The number of hydrogen-bond acceptors (Lipinski definition) is 4. The third kappa shape index (κ3) is 6.46. The Kier molecular flexibility index (Phi) is 7.89. The summed E-state index contributed by atoms with van der Waals surface area (Å²) < 4.78 is 10.5. The maximum absolute atomic E-state index is 12.4. The lowest BCUT2D eigenvalue weighted by Gasteiger charge is -2.18. The summed E-state index contributed by atoms with van der Waals surface area (Å²) in [5, 5.41) is 3.27. The largest absolute Gasteiger partial charge is 0.490 e. The maximum Gasteiger partial charge on any atom is 0.328 e. The molecule has 0 fully saturated rings. The summed E-state index contributed by atoms with van der Waals surface area (Å²) in [5.41, 5.74) is 1.29. The zero-order valence-electron chi connectivity index (χ0n) is 15.1. The van der Waals surface area contributed by atoms with E-state index in [-0.39, 0.29) is 12.5 Å². The summed E-state index contributed by atoms with van der Waals surface area (Å²) in [6.45, 7) is 5.98. The highest BCUT2D eigenvalue weighted by Crippen LogP contribution is 2.15. The van der Waals surface area contributed by atoms with Crippen molar-refractivity contribution in [2.24, 2.45) is 0 Å². The monoisotopic (exact) mass is 387 g/mol. The first-order valence-electron chi connectivity index (χ1n) is 8.59. The first-order valence-corrected chi connectivity index (χ1v) is 8.97. The van der Waals surface area contributed by atoms with Crippen LogP contribution in [0.25, 0.3) is 0 Å². The molecule has 2 aromatic rings. The Morgan fingerprint density at radius 2 is 1.81 bits per heavy atom. The first kappa shape index (κ1) is 20.5. The minimum absolute atomic E-state index is 0.237. The van der Waals surface area contributed by atoms with E-state index in [0.717, 1.165) is 5.56 Å². The van der Waals surface area contributed by atoms with Crippen molar-refractivity contribution in [2.45, 2.75) is 19.4 Å². The zero-order chi connectivity index (χ0) is 19.6. The van der Waals surface area contributed by atoms with Crippen molar-refractivity contribution in [1.82, 2.24) is 5.32 Å². The van der Waals surface area contributed by atoms with E-state index in [0.29, 0.717) is 29.4 Å². The Morgan fingerprint density at radius 1 is 1.15 bits per heavy atom. The van der Waals surface area contributed by atoms with E-state index in [1.165, 1.54) is 0 Å². The smallest absolute Gasteiger partial charge is 0.328 e. The molecule has 1 amide bonds. The molecule has 0 heterocycles. The molecule has 0 saturated carbocycles. The van der Waals surface area contributed by atoms with Gasteiger partial charge in [-0.25, -0.2) is 4.79 Å². The number of esters is 1. The van der Waals surface area contributed by atoms with Crippen molar-refractivity contribution >= 4 is 23.5 Å². The van der Waals surface area contributed by atoms with Gasteiger partial charge in [0, 0.05) is 17.0 Å². The number of ether oxygens (including phenoxy) is 2. The highest BCUT2D eigenvalue weighted by atomic mass is 35.5. The molecule has 0 aliphatic carbocycles. The molecule has 0 aliphatic rings. The number of nitrogens with one attached hydrogen (secondary N) is 1. The lowest BCUT2D eigenvalue weighted by molar-refractivity contribution is -0.145. The van der Waals surface area contributed by atoms with Crippen molar-refractivity contribution < 1.29 is 19.1 Å². The fourth-order valence-electron chi connectivity index (χ4n) is 2.39. The second-order valence-corrected chi connectivity index (χ2v) is 6.17. The predicted molar refractivity (Wildman–Crippen MR) is 105 cm³/mol. The van der Waals surface area contributed by atoms with E-state index in [4.69, 9.17) is 21.1 Å². The van der Waals surface area contributed by atoms with E-state index >= 15 is 0 Å². The number of carbonyl (C=O) groups is 2. The van der Waals surface area contributed by atoms with Gasteiger partial charge in [-0.3, -0.25) is 4.79 Å².